The van der Waals surface area contributed by atoms with Crippen LogP contribution < -0.4 is 10.5 Å². The summed E-state index contributed by atoms with van der Waals surface area (Å²) in [6, 6.07) is 5.46. The van der Waals surface area contributed by atoms with Crippen LogP contribution in [0.1, 0.15) is 43.4 Å². The lowest BCUT2D eigenvalue weighted by atomic mass is 9.95. The second kappa shape index (κ2) is 6.62. The third-order valence-corrected chi connectivity index (χ3v) is 3.10. The van der Waals surface area contributed by atoms with Gasteiger partial charge in [-0.25, -0.2) is 0 Å². The van der Waals surface area contributed by atoms with Gasteiger partial charge in [0.1, 0.15) is 5.75 Å². The van der Waals surface area contributed by atoms with Crippen molar-refractivity contribution in [2.75, 3.05) is 7.11 Å². The van der Waals surface area contributed by atoms with Gasteiger partial charge in [-0.2, -0.15) is 0 Å². The summed E-state index contributed by atoms with van der Waals surface area (Å²) in [7, 11) is 1.64. The van der Waals surface area contributed by atoms with Crippen molar-refractivity contribution in [1.29, 1.82) is 0 Å². The van der Waals surface area contributed by atoms with Crippen molar-refractivity contribution in [3.05, 3.63) is 29.3 Å². The van der Waals surface area contributed by atoms with Gasteiger partial charge in [-0.15, -0.1) is 0 Å². The number of ether oxygens (including phenoxy) is 1. The number of aryl methyl sites for hydroxylation is 1. The summed E-state index contributed by atoms with van der Waals surface area (Å²) in [4.78, 5) is 0. The van der Waals surface area contributed by atoms with E-state index in [9.17, 15) is 5.11 Å². The number of methoxy groups -OCH3 is 1. The molecule has 3 heteroatoms. The zero-order valence-corrected chi connectivity index (χ0v) is 10.9. The predicted molar refractivity (Wildman–Crippen MR) is 70.2 cm³/mol. The fourth-order valence-corrected chi connectivity index (χ4v) is 1.95. The van der Waals surface area contributed by atoms with Gasteiger partial charge in [0, 0.05) is 0 Å². The van der Waals surface area contributed by atoms with Crippen LogP contribution in [-0.2, 0) is 0 Å². The van der Waals surface area contributed by atoms with Crippen LogP contribution in [0.15, 0.2) is 18.2 Å². The third-order valence-electron chi connectivity index (χ3n) is 3.10. The Kier molecular flexibility index (Phi) is 5.45. The molecule has 96 valence electrons. The van der Waals surface area contributed by atoms with E-state index in [2.05, 4.69) is 6.92 Å². The average molecular weight is 237 g/mol. The van der Waals surface area contributed by atoms with Crippen LogP contribution in [0, 0.1) is 6.92 Å². The van der Waals surface area contributed by atoms with E-state index in [1.807, 2.05) is 25.1 Å². The smallest absolute Gasteiger partial charge is 0.119 e. The lowest BCUT2D eigenvalue weighted by molar-refractivity contribution is 0.132. The number of nitrogens with two attached hydrogens (primary N) is 1. The van der Waals surface area contributed by atoms with Crippen LogP contribution in [0.2, 0.25) is 0 Å². The lowest BCUT2D eigenvalue weighted by Gasteiger charge is -2.21. The summed E-state index contributed by atoms with van der Waals surface area (Å²) >= 11 is 0. The van der Waals surface area contributed by atoms with Crippen molar-refractivity contribution < 1.29 is 9.84 Å². The van der Waals surface area contributed by atoms with E-state index in [1.54, 1.807) is 7.11 Å². The van der Waals surface area contributed by atoms with E-state index in [0.29, 0.717) is 0 Å². The third kappa shape index (κ3) is 3.72. The summed E-state index contributed by atoms with van der Waals surface area (Å²) in [6.45, 7) is 4.10. The van der Waals surface area contributed by atoms with E-state index in [4.69, 9.17) is 10.5 Å². The summed E-state index contributed by atoms with van der Waals surface area (Å²) in [5, 5.41) is 10.00. The summed E-state index contributed by atoms with van der Waals surface area (Å²) in [6.07, 6.45) is 2.36. The first-order valence-corrected chi connectivity index (χ1v) is 6.18. The Morgan fingerprint density at radius 1 is 1.41 bits per heavy atom. The molecule has 17 heavy (non-hydrogen) atoms. The molecule has 3 N–H and O–H groups in total. The highest BCUT2D eigenvalue weighted by Gasteiger charge is 2.18. The summed E-state index contributed by atoms with van der Waals surface area (Å²) < 4.78 is 5.15. The number of benzene rings is 1. The van der Waals surface area contributed by atoms with E-state index < -0.39 is 6.10 Å². The highest BCUT2D eigenvalue weighted by Crippen LogP contribution is 2.24. The predicted octanol–water partition coefficient (Wildman–Crippen LogP) is 2.55. The molecule has 2 atom stereocenters. The number of hydrogen-bond donors (Lipinski definition) is 2. The molecule has 0 aliphatic carbocycles. The standard InChI is InChI=1S/C14H23NO2/c1-4-5-6-13(16)14(15)12-8-7-11(17-3)9-10(12)2/h7-9,13-14,16H,4-6,15H2,1-3H3/t13-,14+/m0/s1. The SMILES string of the molecule is CCCC[C@H](O)[C@H](N)c1ccc(OC)cc1C. The number of hydrogen-bond acceptors (Lipinski definition) is 3. The normalized spacial score (nSPS) is 14.4. The molecule has 0 aromatic heterocycles. The van der Waals surface area contributed by atoms with Crippen LogP contribution in [0.3, 0.4) is 0 Å². The molecule has 1 aromatic rings. The van der Waals surface area contributed by atoms with Gasteiger partial charge in [-0.05, 0) is 36.6 Å². The first kappa shape index (κ1) is 14.0. The van der Waals surface area contributed by atoms with Crippen LogP contribution in [0.5, 0.6) is 5.75 Å². The van der Waals surface area contributed by atoms with Gasteiger partial charge in [0.25, 0.3) is 0 Å². The van der Waals surface area contributed by atoms with Crippen molar-refractivity contribution in [3.63, 3.8) is 0 Å². The maximum atomic E-state index is 10.00. The summed E-state index contributed by atoms with van der Waals surface area (Å²) in [5.74, 6) is 0.821. The van der Waals surface area contributed by atoms with Gasteiger partial charge < -0.3 is 15.6 Å². The second-order valence-corrected chi connectivity index (χ2v) is 4.46. The zero-order chi connectivity index (χ0) is 12.8. The molecule has 0 saturated carbocycles. The van der Waals surface area contributed by atoms with Crippen LogP contribution in [0.25, 0.3) is 0 Å². The van der Waals surface area contributed by atoms with E-state index >= 15 is 0 Å². The minimum absolute atomic E-state index is 0.313. The fraction of sp³-hybridized carbons (Fsp3) is 0.571. The van der Waals surface area contributed by atoms with E-state index in [-0.39, 0.29) is 6.04 Å². The van der Waals surface area contributed by atoms with Crippen molar-refractivity contribution in [3.8, 4) is 5.75 Å². The van der Waals surface area contributed by atoms with Gasteiger partial charge in [-0.3, -0.25) is 0 Å². The first-order valence-electron chi connectivity index (χ1n) is 6.18. The average Bonchev–Trinajstić information content (AvgIpc) is 2.34. The van der Waals surface area contributed by atoms with Crippen LogP contribution in [0.4, 0.5) is 0 Å². The molecule has 0 bridgehead atoms. The zero-order valence-electron chi connectivity index (χ0n) is 10.9. The van der Waals surface area contributed by atoms with Crippen LogP contribution >= 0.6 is 0 Å². The lowest BCUT2D eigenvalue weighted by Crippen LogP contribution is -2.26. The number of aliphatic hydroxyl groups is 1. The number of unbranched alkanes of at least 4 members (excludes halogenated alkanes) is 1. The highest BCUT2D eigenvalue weighted by atomic mass is 16.5. The Hall–Kier alpha value is -1.06. The first-order chi connectivity index (χ1) is 8.10. The van der Waals surface area contributed by atoms with Crippen molar-refractivity contribution in [2.24, 2.45) is 5.73 Å². The Bertz CT molecular complexity index is 352. The monoisotopic (exact) mass is 237 g/mol. The molecule has 0 heterocycles. The fourth-order valence-electron chi connectivity index (χ4n) is 1.95. The Morgan fingerprint density at radius 2 is 2.12 bits per heavy atom. The molecule has 1 aromatic carbocycles. The molecule has 0 fully saturated rings. The van der Waals surface area contributed by atoms with Crippen molar-refractivity contribution in [1.82, 2.24) is 0 Å². The molecule has 0 aliphatic rings. The van der Waals surface area contributed by atoms with Gasteiger partial charge in [0.05, 0.1) is 19.3 Å². The molecule has 0 aliphatic heterocycles. The Labute approximate surface area is 104 Å². The molecular weight excluding hydrogens is 214 g/mol. The maximum absolute atomic E-state index is 10.00. The molecule has 0 radical (unpaired) electrons. The van der Waals surface area contributed by atoms with E-state index in [0.717, 1.165) is 36.1 Å². The maximum Gasteiger partial charge on any atom is 0.119 e. The van der Waals surface area contributed by atoms with Gasteiger partial charge in [-0.1, -0.05) is 25.8 Å². The van der Waals surface area contributed by atoms with Gasteiger partial charge in [0.2, 0.25) is 0 Å². The Balaban J connectivity index is 2.77. The molecule has 0 unspecified atom stereocenters. The van der Waals surface area contributed by atoms with Crippen LogP contribution in [-0.4, -0.2) is 18.3 Å². The largest absolute Gasteiger partial charge is 0.497 e. The number of rotatable bonds is 6. The quantitative estimate of drug-likeness (QED) is 0.799. The van der Waals surface area contributed by atoms with E-state index in [1.165, 1.54) is 0 Å². The van der Waals surface area contributed by atoms with Gasteiger partial charge in [0.15, 0.2) is 0 Å². The topological polar surface area (TPSA) is 55.5 Å². The molecule has 0 saturated heterocycles. The summed E-state index contributed by atoms with van der Waals surface area (Å²) in [5.41, 5.74) is 8.14. The second-order valence-electron chi connectivity index (χ2n) is 4.46. The van der Waals surface area contributed by atoms with Gasteiger partial charge >= 0.3 is 0 Å². The van der Waals surface area contributed by atoms with Crippen molar-refractivity contribution >= 4 is 0 Å². The van der Waals surface area contributed by atoms with Crippen molar-refractivity contribution in [2.45, 2.75) is 45.3 Å². The Morgan fingerprint density at radius 3 is 2.65 bits per heavy atom. The minimum Gasteiger partial charge on any atom is -0.497 e. The molecule has 0 amide bonds. The molecule has 0 spiro atoms. The minimum atomic E-state index is -0.470. The highest BCUT2D eigenvalue weighted by molar-refractivity contribution is 5.36. The molecular formula is C14H23NO2. The molecule has 1 rings (SSSR count). The molecule has 3 nitrogen and oxygen atoms in total. The number of aliphatic hydroxyl groups excluding tert-OH is 1.